The fourth-order valence-electron chi connectivity index (χ4n) is 1.54. The molecule has 8 heteroatoms. The fourth-order valence-corrected chi connectivity index (χ4v) is 2.44. The smallest absolute Gasteiger partial charge is 0.245 e. The van der Waals surface area contributed by atoms with Gasteiger partial charge in [0, 0.05) is 7.11 Å². The number of benzene rings is 1. The van der Waals surface area contributed by atoms with Gasteiger partial charge in [0.1, 0.15) is 11.8 Å². The first-order valence-corrected chi connectivity index (χ1v) is 6.45. The number of anilines is 1. The maximum atomic E-state index is 11.7. The van der Waals surface area contributed by atoms with E-state index in [4.69, 9.17) is 15.2 Å². The van der Waals surface area contributed by atoms with Crippen LogP contribution in [0.3, 0.4) is 0 Å². The molecule has 1 unspecified atom stereocenters. The monoisotopic (exact) mass is 317 g/mol. The number of nitrogens with two attached hydrogens (primary N) is 1. The van der Waals surface area contributed by atoms with Crippen LogP contribution in [0.5, 0.6) is 5.75 Å². The number of hydrogen-bond donors (Lipinski definition) is 2. The molecule has 0 radical (unpaired) electrons. The summed E-state index contributed by atoms with van der Waals surface area (Å²) >= 11 is 1.37. The summed E-state index contributed by atoms with van der Waals surface area (Å²) < 4.78 is 10.9. The van der Waals surface area contributed by atoms with Crippen molar-refractivity contribution < 1.29 is 14.3 Å². The Bertz CT molecular complexity index is 590. The number of carbonyl (C=O) groups excluding carboxylic acids is 1. The molecule has 0 aliphatic carbocycles. The second kappa shape index (κ2) is 7.39. The van der Waals surface area contributed by atoms with Crippen molar-refractivity contribution in [2.24, 2.45) is 5.73 Å². The van der Waals surface area contributed by atoms with E-state index in [1.807, 2.05) is 18.2 Å². The zero-order chi connectivity index (χ0) is 13.8. The van der Waals surface area contributed by atoms with E-state index in [0.29, 0.717) is 5.13 Å². The number of halogens is 1. The van der Waals surface area contributed by atoms with Gasteiger partial charge < -0.3 is 20.5 Å². The number of fused-ring (bicyclic) bond motifs is 1. The van der Waals surface area contributed by atoms with Crippen molar-refractivity contribution in [3.8, 4) is 5.75 Å². The SMILES string of the molecule is COCC(N)C(=O)Nc1nc2ccc(OC)cc2s1.Cl. The second-order valence-electron chi connectivity index (χ2n) is 3.90. The van der Waals surface area contributed by atoms with Gasteiger partial charge in [-0.2, -0.15) is 0 Å². The van der Waals surface area contributed by atoms with Gasteiger partial charge in [0.15, 0.2) is 5.13 Å². The first kappa shape index (κ1) is 16.6. The molecule has 1 heterocycles. The molecule has 0 bridgehead atoms. The summed E-state index contributed by atoms with van der Waals surface area (Å²) in [7, 11) is 3.10. The van der Waals surface area contributed by atoms with E-state index >= 15 is 0 Å². The van der Waals surface area contributed by atoms with Crippen LogP contribution < -0.4 is 15.8 Å². The highest BCUT2D eigenvalue weighted by Crippen LogP contribution is 2.29. The molecule has 1 atom stereocenters. The molecule has 6 nitrogen and oxygen atoms in total. The molecule has 110 valence electrons. The highest BCUT2D eigenvalue weighted by molar-refractivity contribution is 7.22. The molecule has 1 amide bonds. The van der Waals surface area contributed by atoms with Gasteiger partial charge in [-0.1, -0.05) is 11.3 Å². The summed E-state index contributed by atoms with van der Waals surface area (Å²) in [5.74, 6) is 0.443. The molecular formula is C12H16ClN3O3S. The Balaban J connectivity index is 0.00000200. The molecular weight excluding hydrogens is 302 g/mol. The lowest BCUT2D eigenvalue weighted by Crippen LogP contribution is -2.39. The molecule has 2 rings (SSSR count). The van der Waals surface area contributed by atoms with Crippen molar-refractivity contribution >= 4 is 45.0 Å². The maximum absolute atomic E-state index is 11.7. The van der Waals surface area contributed by atoms with Crippen LogP contribution in [0, 0.1) is 0 Å². The number of aromatic nitrogens is 1. The first-order chi connectivity index (χ1) is 9.13. The van der Waals surface area contributed by atoms with Crippen LogP contribution in [-0.2, 0) is 9.53 Å². The molecule has 1 aromatic carbocycles. The third-order valence-corrected chi connectivity index (χ3v) is 3.44. The van der Waals surface area contributed by atoms with Crippen LogP contribution in [0.25, 0.3) is 10.2 Å². The first-order valence-electron chi connectivity index (χ1n) is 5.64. The van der Waals surface area contributed by atoms with E-state index in [1.54, 1.807) is 7.11 Å². The van der Waals surface area contributed by atoms with Crippen molar-refractivity contribution in [1.29, 1.82) is 0 Å². The average molecular weight is 318 g/mol. The van der Waals surface area contributed by atoms with Crippen LogP contribution >= 0.6 is 23.7 Å². The van der Waals surface area contributed by atoms with Gasteiger partial charge in [-0.15, -0.1) is 12.4 Å². The predicted octanol–water partition coefficient (Wildman–Crippen LogP) is 1.64. The fraction of sp³-hybridized carbons (Fsp3) is 0.333. The normalized spacial score (nSPS) is 11.8. The van der Waals surface area contributed by atoms with Crippen molar-refractivity contribution in [3.05, 3.63) is 18.2 Å². The highest BCUT2D eigenvalue weighted by Gasteiger charge is 2.15. The van der Waals surface area contributed by atoms with Gasteiger partial charge in [0.05, 0.1) is 23.9 Å². The summed E-state index contributed by atoms with van der Waals surface area (Å²) in [5.41, 5.74) is 6.44. The minimum Gasteiger partial charge on any atom is -0.497 e. The molecule has 0 aliphatic rings. The molecule has 2 aromatic rings. The van der Waals surface area contributed by atoms with Gasteiger partial charge in [0.25, 0.3) is 0 Å². The molecule has 1 aromatic heterocycles. The Hall–Kier alpha value is -1.41. The Labute approximate surface area is 126 Å². The number of ether oxygens (including phenoxy) is 2. The topological polar surface area (TPSA) is 86.5 Å². The van der Waals surface area contributed by atoms with E-state index in [9.17, 15) is 4.79 Å². The van der Waals surface area contributed by atoms with Crippen LogP contribution in [0.1, 0.15) is 0 Å². The van der Waals surface area contributed by atoms with E-state index in [0.717, 1.165) is 16.0 Å². The van der Waals surface area contributed by atoms with Crippen LogP contribution in [0.4, 0.5) is 5.13 Å². The minimum atomic E-state index is -0.702. The average Bonchev–Trinajstić information content (AvgIpc) is 2.79. The highest BCUT2D eigenvalue weighted by atomic mass is 35.5. The summed E-state index contributed by atoms with van der Waals surface area (Å²) in [6.45, 7) is 0.171. The number of hydrogen-bond acceptors (Lipinski definition) is 6. The lowest BCUT2D eigenvalue weighted by molar-refractivity contribution is -0.118. The zero-order valence-electron chi connectivity index (χ0n) is 11.1. The van der Waals surface area contributed by atoms with Gasteiger partial charge >= 0.3 is 0 Å². The summed E-state index contributed by atoms with van der Waals surface area (Å²) in [4.78, 5) is 16.0. The predicted molar refractivity (Wildman–Crippen MR) is 81.9 cm³/mol. The van der Waals surface area contributed by atoms with Crippen molar-refractivity contribution in [1.82, 2.24) is 4.98 Å². The molecule has 0 spiro atoms. The van der Waals surface area contributed by atoms with Gasteiger partial charge in [-0.3, -0.25) is 4.79 Å². The van der Waals surface area contributed by atoms with Crippen LogP contribution in [-0.4, -0.2) is 37.8 Å². The van der Waals surface area contributed by atoms with E-state index in [-0.39, 0.29) is 24.9 Å². The Morgan fingerprint density at radius 1 is 1.50 bits per heavy atom. The van der Waals surface area contributed by atoms with Crippen molar-refractivity contribution in [2.75, 3.05) is 26.1 Å². The van der Waals surface area contributed by atoms with Crippen molar-refractivity contribution in [2.45, 2.75) is 6.04 Å². The number of methoxy groups -OCH3 is 2. The number of nitrogens with one attached hydrogen (secondary N) is 1. The summed E-state index contributed by atoms with van der Waals surface area (Å²) in [5, 5.41) is 3.19. The van der Waals surface area contributed by atoms with Gasteiger partial charge in [-0.25, -0.2) is 4.98 Å². The lowest BCUT2D eigenvalue weighted by atomic mass is 10.3. The number of thiazole rings is 1. The number of amides is 1. The zero-order valence-corrected chi connectivity index (χ0v) is 12.7. The molecule has 3 N–H and O–H groups in total. The standard InChI is InChI=1S/C12H15N3O3S.ClH/c1-17-6-8(13)11(16)15-12-14-9-4-3-7(18-2)5-10(9)19-12;/h3-5,8H,6,13H2,1-2H3,(H,14,15,16);1H. The number of rotatable bonds is 5. The maximum Gasteiger partial charge on any atom is 0.245 e. The molecule has 0 fully saturated rings. The van der Waals surface area contributed by atoms with Crippen LogP contribution in [0.15, 0.2) is 18.2 Å². The van der Waals surface area contributed by atoms with Gasteiger partial charge in [-0.05, 0) is 18.2 Å². The summed E-state index contributed by atoms with van der Waals surface area (Å²) in [6, 6.07) is 4.84. The largest absolute Gasteiger partial charge is 0.497 e. The minimum absolute atomic E-state index is 0. The molecule has 0 aliphatic heterocycles. The molecule has 20 heavy (non-hydrogen) atoms. The van der Waals surface area contributed by atoms with E-state index < -0.39 is 6.04 Å². The lowest BCUT2D eigenvalue weighted by Gasteiger charge is -2.08. The van der Waals surface area contributed by atoms with Gasteiger partial charge in [0.2, 0.25) is 5.91 Å². The third kappa shape index (κ3) is 3.80. The quantitative estimate of drug-likeness (QED) is 0.875. The van der Waals surface area contributed by atoms with E-state index in [2.05, 4.69) is 10.3 Å². The summed E-state index contributed by atoms with van der Waals surface area (Å²) in [6.07, 6.45) is 0. The number of carbonyl (C=O) groups is 1. The number of nitrogens with zero attached hydrogens (tertiary/aromatic N) is 1. The van der Waals surface area contributed by atoms with E-state index in [1.165, 1.54) is 18.4 Å². The molecule has 0 saturated heterocycles. The molecule has 0 saturated carbocycles. The third-order valence-electron chi connectivity index (χ3n) is 2.51. The Kier molecular flexibility index (Phi) is 6.15. The Morgan fingerprint density at radius 2 is 2.25 bits per heavy atom. The Morgan fingerprint density at radius 3 is 2.90 bits per heavy atom. The van der Waals surface area contributed by atoms with Crippen LogP contribution in [0.2, 0.25) is 0 Å². The van der Waals surface area contributed by atoms with Crippen molar-refractivity contribution in [3.63, 3.8) is 0 Å². The second-order valence-corrected chi connectivity index (χ2v) is 4.93.